The van der Waals surface area contributed by atoms with Gasteiger partial charge in [0, 0.05) is 0 Å². The van der Waals surface area contributed by atoms with E-state index in [-0.39, 0.29) is 28.7 Å². The van der Waals surface area contributed by atoms with Crippen LogP contribution in [0.25, 0.3) is 0 Å². The lowest BCUT2D eigenvalue weighted by Crippen LogP contribution is -2.16. The summed E-state index contributed by atoms with van der Waals surface area (Å²) in [5.41, 5.74) is -1.18. The Kier molecular flexibility index (Phi) is 6.42. The third kappa shape index (κ3) is 4.89. The van der Waals surface area contributed by atoms with Gasteiger partial charge in [0.1, 0.15) is 5.75 Å². The van der Waals surface area contributed by atoms with Gasteiger partial charge in [-0.3, -0.25) is 0 Å². The van der Waals surface area contributed by atoms with Crippen LogP contribution in [-0.4, -0.2) is 19.9 Å². The molecule has 8 heteroatoms. The molecule has 3 aromatic carbocycles. The summed E-state index contributed by atoms with van der Waals surface area (Å²) in [6.45, 7) is 0. The summed E-state index contributed by atoms with van der Waals surface area (Å²) in [5, 5.41) is 0. The number of carbonyl (C=O) groups is 1. The van der Waals surface area contributed by atoms with Crippen molar-refractivity contribution in [2.45, 2.75) is 0 Å². The van der Waals surface area contributed by atoms with Crippen molar-refractivity contribution >= 4 is 13.3 Å². The number of benzene rings is 3. The molecule has 0 aliphatic heterocycles. The van der Waals surface area contributed by atoms with E-state index in [2.05, 4.69) is 0 Å². The van der Waals surface area contributed by atoms with Crippen LogP contribution >= 0.6 is 7.60 Å². The third-order valence-electron chi connectivity index (χ3n) is 3.75. The van der Waals surface area contributed by atoms with Crippen molar-refractivity contribution in [2.24, 2.45) is 0 Å². The molecule has 0 atom stereocenters. The molecule has 0 N–H and O–H groups in total. The molecule has 0 radical (unpaired) electrons. The molecule has 3 aromatic rings. The molecule has 0 unspecified atom stereocenters. The van der Waals surface area contributed by atoms with Gasteiger partial charge in [-0.1, -0.05) is 42.5 Å². The number of carbonyl (C=O) groups excluding carboxylic acids is 1. The first-order valence-corrected chi connectivity index (χ1v) is 10.1. The van der Waals surface area contributed by atoms with E-state index in [4.69, 9.17) is 23.3 Å². The first-order valence-electron chi connectivity index (χ1n) is 8.58. The number of rotatable bonds is 8. The number of para-hydroxylation sites is 5. The second-order valence-corrected chi connectivity index (χ2v) is 7.39. The Morgan fingerprint density at radius 1 is 0.655 bits per heavy atom. The molecule has 29 heavy (non-hydrogen) atoms. The molecular weight excluding hydrogens is 395 g/mol. The van der Waals surface area contributed by atoms with Crippen LogP contribution in [0.3, 0.4) is 0 Å². The summed E-state index contributed by atoms with van der Waals surface area (Å²) in [6, 6.07) is 21.1. The van der Waals surface area contributed by atoms with Gasteiger partial charge >= 0.3 is 13.3 Å². The molecule has 0 fully saturated rings. The summed E-state index contributed by atoms with van der Waals surface area (Å²) in [4.78, 5) is 12.8. The SMILES string of the molecule is COc1ccccc1OP(=O)(Oc1ccccc1OC)C(=O)Oc1ccccc1. The zero-order valence-electron chi connectivity index (χ0n) is 15.8. The normalized spacial score (nSPS) is 10.7. The molecule has 0 amide bonds. The van der Waals surface area contributed by atoms with Gasteiger partial charge in [0.25, 0.3) is 0 Å². The van der Waals surface area contributed by atoms with E-state index in [0.29, 0.717) is 0 Å². The maximum atomic E-state index is 13.6. The summed E-state index contributed by atoms with van der Waals surface area (Å²) >= 11 is 0. The lowest BCUT2D eigenvalue weighted by molar-refractivity contribution is 0.214. The monoisotopic (exact) mass is 414 g/mol. The minimum absolute atomic E-state index is 0.0678. The zero-order valence-corrected chi connectivity index (χ0v) is 16.7. The molecule has 0 aliphatic rings. The third-order valence-corrected chi connectivity index (χ3v) is 5.16. The summed E-state index contributed by atoms with van der Waals surface area (Å²) in [7, 11) is -1.67. The molecule has 0 spiro atoms. The minimum atomic E-state index is -4.52. The second kappa shape index (κ2) is 9.17. The van der Waals surface area contributed by atoms with Crippen molar-refractivity contribution in [1.82, 2.24) is 0 Å². The van der Waals surface area contributed by atoms with E-state index in [9.17, 15) is 9.36 Å². The van der Waals surface area contributed by atoms with Crippen molar-refractivity contribution in [1.29, 1.82) is 0 Å². The van der Waals surface area contributed by atoms with Gasteiger partial charge in [0.15, 0.2) is 23.0 Å². The highest BCUT2D eigenvalue weighted by atomic mass is 31.2. The maximum Gasteiger partial charge on any atom is 0.540 e. The zero-order chi connectivity index (χ0) is 20.7. The van der Waals surface area contributed by atoms with E-state index < -0.39 is 13.3 Å². The van der Waals surface area contributed by atoms with Crippen LogP contribution < -0.4 is 23.3 Å². The number of hydrogen-bond acceptors (Lipinski definition) is 7. The quantitative estimate of drug-likeness (QED) is 0.447. The maximum absolute atomic E-state index is 13.6. The van der Waals surface area contributed by atoms with E-state index in [0.717, 1.165) is 0 Å². The number of hydrogen-bond donors (Lipinski definition) is 0. The fraction of sp³-hybridized carbons (Fsp3) is 0.0952. The first kappa shape index (κ1) is 20.3. The van der Waals surface area contributed by atoms with Gasteiger partial charge in [-0.25, -0.2) is 9.36 Å². The summed E-state index contributed by atoms with van der Waals surface area (Å²) in [6.07, 6.45) is 0. The van der Waals surface area contributed by atoms with Crippen molar-refractivity contribution in [3.05, 3.63) is 78.9 Å². The fourth-order valence-electron chi connectivity index (χ4n) is 2.39. The van der Waals surface area contributed by atoms with Crippen LogP contribution in [0.1, 0.15) is 0 Å². The molecule has 0 bridgehead atoms. The molecule has 7 nitrogen and oxygen atoms in total. The average molecular weight is 414 g/mol. The second-order valence-electron chi connectivity index (χ2n) is 5.66. The lowest BCUT2D eigenvalue weighted by atomic mass is 10.3. The molecule has 0 heterocycles. The fourth-order valence-corrected chi connectivity index (χ4v) is 3.61. The highest BCUT2D eigenvalue weighted by molar-refractivity contribution is 7.72. The smallest absolute Gasteiger partial charge is 0.493 e. The number of ether oxygens (including phenoxy) is 3. The lowest BCUT2D eigenvalue weighted by Gasteiger charge is -2.20. The van der Waals surface area contributed by atoms with Gasteiger partial charge in [-0.05, 0) is 36.4 Å². The predicted octanol–water partition coefficient (Wildman–Crippen LogP) is 5.55. The Morgan fingerprint density at radius 2 is 1.07 bits per heavy atom. The van der Waals surface area contributed by atoms with Gasteiger partial charge in [-0.2, -0.15) is 0 Å². The number of methoxy groups -OCH3 is 2. The van der Waals surface area contributed by atoms with Gasteiger partial charge < -0.3 is 23.3 Å². The molecule has 0 saturated heterocycles. The van der Waals surface area contributed by atoms with Gasteiger partial charge in [0.05, 0.1) is 14.2 Å². The average Bonchev–Trinajstić information content (AvgIpc) is 2.75. The van der Waals surface area contributed by atoms with Crippen LogP contribution in [0.15, 0.2) is 78.9 Å². The molecule has 0 aromatic heterocycles. The van der Waals surface area contributed by atoms with Crippen molar-refractivity contribution in [3.8, 4) is 28.7 Å². The summed E-state index contributed by atoms with van der Waals surface area (Å²) in [5.74, 6) is 0.897. The van der Waals surface area contributed by atoms with Gasteiger partial charge in [0.2, 0.25) is 0 Å². The van der Waals surface area contributed by atoms with Gasteiger partial charge in [-0.15, -0.1) is 0 Å². The highest BCUT2D eigenvalue weighted by Gasteiger charge is 2.43. The van der Waals surface area contributed by atoms with E-state index in [1.807, 2.05) is 0 Å². The van der Waals surface area contributed by atoms with Crippen LogP contribution in [0, 0.1) is 0 Å². The van der Waals surface area contributed by atoms with Crippen LogP contribution in [-0.2, 0) is 4.57 Å². The van der Waals surface area contributed by atoms with Crippen LogP contribution in [0.4, 0.5) is 4.79 Å². The molecule has 0 saturated carbocycles. The molecule has 150 valence electrons. The van der Waals surface area contributed by atoms with Crippen molar-refractivity contribution in [2.75, 3.05) is 14.2 Å². The van der Waals surface area contributed by atoms with Crippen LogP contribution in [0.2, 0.25) is 0 Å². The van der Waals surface area contributed by atoms with Crippen LogP contribution in [0.5, 0.6) is 28.7 Å². The minimum Gasteiger partial charge on any atom is -0.493 e. The van der Waals surface area contributed by atoms with E-state index in [1.165, 1.54) is 26.4 Å². The first-order chi connectivity index (χ1) is 14.1. The Bertz CT molecular complexity index is 967. The molecule has 0 aliphatic carbocycles. The molecule has 3 rings (SSSR count). The Balaban J connectivity index is 1.97. The van der Waals surface area contributed by atoms with E-state index in [1.54, 1.807) is 66.7 Å². The Labute approximate surface area is 168 Å². The van der Waals surface area contributed by atoms with E-state index >= 15 is 0 Å². The Hall–Kier alpha value is -3.44. The largest absolute Gasteiger partial charge is 0.540 e. The van der Waals surface area contributed by atoms with Crippen molar-refractivity contribution < 1.29 is 32.6 Å². The standard InChI is InChI=1S/C21H19O7P/c1-24-17-12-6-8-14-19(17)27-29(23,21(22)26-16-10-4-3-5-11-16)28-20-15-9-7-13-18(20)25-2/h3-15H,1-2H3. The predicted molar refractivity (Wildman–Crippen MR) is 107 cm³/mol. The molecular formula is C21H19O7P. The topological polar surface area (TPSA) is 80.3 Å². The summed E-state index contributed by atoms with van der Waals surface area (Å²) < 4.78 is 40.3. The van der Waals surface area contributed by atoms with Crippen molar-refractivity contribution in [3.63, 3.8) is 0 Å². The Morgan fingerprint density at radius 3 is 1.52 bits per heavy atom. The highest BCUT2D eigenvalue weighted by Crippen LogP contribution is 2.53.